The van der Waals surface area contributed by atoms with Gasteiger partial charge in [0.25, 0.3) is 0 Å². The van der Waals surface area contributed by atoms with Crippen molar-refractivity contribution in [3.63, 3.8) is 0 Å². The van der Waals surface area contributed by atoms with E-state index in [1.54, 1.807) is 13.2 Å². The standard InChI is InChI=1S/C30H43ClN6O2/c1-28(2,37-13-7-8-14-37)18-39-21-11-9-20(10-12-21)34-27-33-17-23(31)25(35-27)36-30(5)22(26(38)32-6)15-19-16-24(30)29(19,3)4/h9-12,17,19,22,24H,7-8,13-16,18H2,1-6H3,(H,32,38)(H2,33,34,35,36)/t19-,22+,24+,30-/m0/s1. The van der Waals surface area contributed by atoms with Crippen molar-refractivity contribution in [1.82, 2.24) is 20.2 Å². The average Bonchev–Trinajstić information content (AvgIpc) is 3.46. The third kappa shape index (κ3) is 5.30. The van der Waals surface area contributed by atoms with Gasteiger partial charge in [-0.05, 0) is 101 Å². The number of hydrogen-bond donors (Lipinski definition) is 3. The maximum Gasteiger partial charge on any atom is 0.229 e. The van der Waals surface area contributed by atoms with Crippen LogP contribution in [0.3, 0.4) is 0 Å². The highest BCUT2D eigenvalue weighted by atomic mass is 35.5. The van der Waals surface area contributed by atoms with Gasteiger partial charge in [-0.25, -0.2) is 4.98 Å². The Morgan fingerprint density at radius 2 is 1.85 bits per heavy atom. The van der Waals surface area contributed by atoms with E-state index in [4.69, 9.17) is 21.3 Å². The molecule has 3 saturated carbocycles. The zero-order chi connectivity index (χ0) is 28.0. The van der Waals surface area contributed by atoms with E-state index < -0.39 is 5.54 Å². The molecule has 2 aromatic rings. The number of benzene rings is 1. The van der Waals surface area contributed by atoms with Gasteiger partial charge in [-0.2, -0.15) is 4.98 Å². The summed E-state index contributed by atoms with van der Waals surface area (Å²) in [5, 5.41) is 10.2. The van der Waals surface area contributed by atoms with Crippen LogP contribution in [0.5, 0.6) is 5.75 Å². The van der Waals surface area contributed by atoms with Crippen LogP contribution in [0.15, 0.2) is 30.5 Å². The van der Waals surface area contributed by atoms with E-state index in [0.29, 0.717) is 35.2 Å². The summed E-state index contributed by atoms with van der Waals surface area (Å²) in [5.74, 6) is 2.59. The van der Waals surface area contributed by atoms with Crippen molar-refractivity contribution in [3.05, 3.63) is 35.5 Å². The summed E-state index contributed by atoms with van der Waals surface area (Å²) < 4.78 is 6.13. The van der Waals surface area contributed by atoms with E-state index in [2.05, 4.69) is 60.5 Å². The minimum atomic E-state index is -0.477. The maximum atomic E-state index is 12.9. The third-order valence-corrected chi connectivity index (χ3v) is 10.1. The van der Waals surface area contributed by atoms with Gasteiger partial charge in [0.1, 0.15) is 17.4 Å². The number of halogens is 1. The lowest BCUT2D eigenvalue weighted by atomic mass is 9.40. The second kappa shape index (κ2) is 10.4. The van der Waals surface area contributed by atoms with Gasteiger partial charge in [0, 0.05) is 18.3 Å². The van der Waals surface area contributed by atoms with E-state index in [-0.39, 0.29) is 22.8 Å². The minimum Gasteiger partial charge on any atom is -0.492 e. The highest BCUT2D eigenvalue weighted by molar-refractivity contribution is 6.32. The van der Waals surface area contributed by atoms with Crippen molar-refractivity contribution in [2.24, 2.45) is 23.2 Å². The lowest BCUT2D eigenvalue weighted by Crippen LogP contribution is -2.69. The second-order valence-electron chi connectivity index (χ2n) is 13.0. The fraction of sp³-hybridized carbons (Fsp3) is 0.633. The summed E-state index contributed by atoms with van der Waals surface area (Å²) in [7, 11) is 1.71. The van der Waals surface area contributed by atoms with Crippen LogP contribution in [-0.4, -0.2) is 58.6 Å². The summed E-state index contributed by atoms with van der Waals surface area (Å²) in [5.41, 5.74) is 0.537. The van der Waals surface area contributed by atoms with Gasteiger partial charge in [0.15, 0.2) is 5.82 Å². The summed E-state index contributed by atoms with van der Waals surface area (Å²) in [6, 6.07) is 7.85. The Morgan fingerprint density at radius 1 is 1.15 bits per heavy atom. The maximum absolute atomic E-state index is 12.9. The van der Waals surface area contributed by atoms with E-state index >= 15 is 0 Å². The van der Waals surface area contributed by atoms with Gasteiger partial charge in [0.2, 0.25) is 11.9 Å². The largest absolute Gasteiger partial charge is 0.492 e. The number of carbonyl (C=O) groups is 1. The van der Waals surface area contributed by atoms with Gasteiger partial charge in [-0.3, -0.25) is 9.69 Å². The molecule has 1 amide bonds. The molecule has 2 heterocycles. The molecule has 3 N–H and O–H groups in total. The molecule has 8 nitrogen and oxygen atoms in total. The lowest BCUT2D eigenvalue weighted by Gasteiger charge is -2.66. The molecule has 1 aliphatic heterocycles. The zero-order valence-corrected chi connectivity index (χ0v) is 24.9. The van der Waals surface area contributed by atoms with Crippen LogP contribution in [0.4, 0.5) is 17.5 Å². The van der Waals surface area contributed by atoms with Crippen molar-refractivity contribution in [1.29, 1.82) is 0 Å². The highest BCUT2D eigenvalue weighted by Crippen LogP contribution is 2.65. The van der Waals surface area contributed by atoms with Crippen molar-refractivity contribution in [3.8, 4) is 5.75 Å². The molecule has 4 aliphatic rings. The Bertz CT molecular complexity index is 1200. The molecule has 4 atom stereocenters. The molecule has 1 aromatic carbocycles. The molecule has 39 heavy (non-hydrogen) atoms. The number of ether oxygens (including phenoxy) is 1. The van der Waals surface area contributed by atoms with Gasteiger partial charge < -0.3 is 20.7 Å². The number of rotatable bonds is 9. The first-order valence-electron chi connectivity index (χ1n) is 14.2. The van der Waals surface area contributed by atoms with Crippen molar-refractivity contribution in [2.75, 3.05) is 37.4 Å². The normalized spacial score (nSPS) is 27.9. The fourth-order valence-electron chi connectivity index (χ4n) is 7.14. The zero-order valence-electron chi connectivity index (χ0n) is 24.1. The predicted molar refractivity (Wildman–Crippen MR) is 157 cm³/mol. The summed E-state index contributed by atoms with van der Waals surface area (Å²) >= 11 is 6.58. The smallest absolute Gasteiger partial charge is 0.229 e. The molecule has 6 rings (SSSR count). The van der Waals surface area contributed by atoms with Gasteiger partial charge in [-0.1, -0.05) is 25.4 Å². The molecular formula is C30H43ClN6O2. The summed E-state index contributed by atoms with van der Waals surface area (Å²) in [6.45, 7) is 14.2. The number of likely N-dealkylation sites (tertiary alicyclic amines) is 1. The molecule has 1 saturated heterocycles. The molecule has 1 aromatic heterocycles. The number of amides is 1. The van der Waals surface area contributed by atoms with Crippen molar-refractivity contribution < 1.29 is 9.53 Å². The number of nitrogens with zero attached hydrogens (tertiary/aromatic N) is 3. The highest BCUT2D eigenvalue weighted by Gasteiger charge is 2.64. The topological polar surface area (TPSA) is 91.4 Å². The summed E-state index contributed by atoms with van der Waals surface area (Å²) in [4.78, 5) is 24.5. The van der Waals surface area contributed by atoms with Crippen LogP contribution < -0.4 is 20.7 Å². The van der Waals surface area contributed by atoms with E-state index in [1.807, 2.05) is 24.3 Å². The van der Waals surface area contributed by atoms with Crippen LogP contribution in [-0.2, 0) is 4.79 Å². The number of anilines is 3. The number of aromatic nitrogens is 2. The van der Waals surface area contributed by atoms with Crippen LogP contribution in [0, 0.1) is 23.2 Å². The van der Waals surface area contributed by atoms with Crippen LogP contribution in [0.25, 0.3) is 0 Å². The first-order chi connectivity index (χ1) is 18.4. The van der Waals surface area contributed by atoms with E-state index in [9.17, 15) is 4.79 Å². The van der Waals surface area contributed by atoms with Crippen LogP contribution in [0.2, 0.25) is 5.02 Å². The minimum absolute atomic E-state index is 0.00929. The molecule has 0 radical (unpaired) electrons. The number of nitrogens with one attached hydrogen (secondary N) is 3. The monoisotopic (exact) mass is 554 g/mol. The molecule has 0 unspecified atom stereocenters. The molecule has 2 bridgehead atoms. The van der Waals surface area contributed by atoms with Gasteiger partial charge >= 0.3 is 0 Å². The molecule has 0 spiro atoms. The van der Waals surface area contributed by atoms with Crippen LogP contribution in [0.1, 0.15) is 60.3 Å². The quantitative estimate of drug-likeness (QED) is 0.365. The summed E-state index contributed by atoms with van der Waals surface area (Å²) in [6.07, 6.45) is 6.08. The Morgan fingerprint density at radius 3 is 2.49 bits per heavy atom. The number of fused-ring (bicyclic) bond motifs is 2. The Kier molecular flexibility index (Phi) is 7.48. The molecule has 4 fully saturated rings. The van der Waals surface area contributed by atoms with Crippen LogP contribution >= 0.6 is 11.6 Å². The first-order valence-corrected chi connectivity index (χ1v) is 14.6. The molecule has 9 heteroatoms. The van der Waals surface area contributed by atoms with Gasteiger partial charge in [-0.15, -0.1) is 0 Å². The van der Waals surface area contributed by atoms with E-state index in [1.165, 1.54) is 12.8 Å². The molecular weight excluding hydrogens is 512 g/mol. The first kappa shape index (κ1) is 28.0. The van der Waals surface area contributed by atoms with Crippen molar-refractivity contribution >= 4 is 35.0 Å². The Labute approximate surface area is 237 Å². The second-order valence-corrected chi connectivity index (χ2v) is 13.4. The lowest BCUT2D eigenvalue weighted by molar-refractivity contribution is -0.155. The van der Waals surface area contributed by atoms with E-state index in [0.717, 1.165) is 37.4 Å². The number of hydrogen-bond acceptors (Lipinski definition) is 7. The number of carbonyl (C=O) groups excluding carboxylic acids is 1. The third-order valence-electron chi connectivity index (χ3n) is 9.80. The molecule has 212 valence electrons. The fourth-order valence-corrected chi connectivity index (χ4v) is 7.28. The molecule has 3 aliphatic carbocycles. The SMILES string of the molecule is CNC(=O)[C@H]1C[C@H]2C[C@H](C2(C)C)[C@@]1(C)Nc1nc(Nc2ccc(OCC(C)(C)N3CCCC3)cc2)ncc1Cl. The van der Waals surface area contributed by atoms with Crippen molar-refractivity contribution in [2.45, 2.75) is 71.4 Å². The average molecular weight is 555 g/mol. The predicted octanol–water partition coefficient (Wildman–Crippen LogP) is 5.73. The Hall–Kier alpha value is -2.58. The van der Waals surface area contributed by atoms with Gasteiger partial charge in [0.05, 0.1) is 17.7 Å². The Balaban J connectivity index is 1.27.